The van der Waals surface area contributed by atoms with Gasteiger partial charge in [0.2, 0.25) is 5.91 Å². The Balaban J connectivity index is 2.40. The number of nitrogens with one attached hydrogen (secondary N) is 1. The molecule has 4 N–H and O–H groups in total. The molecule has 1 saturated carbocycles. The van der Waals surface area contributed by atoms with Crippen molar-refractivity contribution in [3.8, 4) is 0 Å². The number of carbonyl (C=O) groups excluding carboxylic acids is 1. The third-order valence-electron chi connectivity index (χ3n) is 4.62. The molecule has 1 rings (SSSR count). The van der Waals surface area contributed by atoms with Crippen molar-refractivity contribution in [2.75, 3.05) is 19.6 Å². The van der Waals surface area contributed by atoms with E-state index in [1.165, 1.54) is 0 Å². The first-order valence-electron chi connectivity index (χ1n) is 8.01. The van der Waals surface area contributed by atoms with Gasteiger partial charge in [-0.05, 0) is 52.2 Å². The average molecular weight is 298 g/mol. The average Bonchev–Trinajstić information content (AvgIpc) is 2.42. The van der Waals surface area contributed by atoms with Crippen molar-refractivity contribution in [3.63, 3.8) is 0 Å². The minimum Gasteiger partial charge on any atom is -0.409 e. The predicted molar refractivity (Wildman–Crippen MR) is 84.3 cm³/mol. The number of oxime groups is 1. The van der Waals surface area contributed by atoms with Crippen LogP contribution in [-0.2, 0) is 4.79 Å². The van der Waals surface area contributed by atoms with Crippen LogP contribution in [-0.4, -0.2) is 47.5 Å². The Hall–Kier alpha value is -1.30. The van der Waals surface area contributed by atoms with E-state index in [-0.39, 0.29) is 17.8 Å². The lowest BCUT2D eigenvalue weighted by Gasteiger charge is -2.39. The molecule has 1 atom stereocenters. The standard InChI is InChI=1S/C15H30N4O2/c1-4-19(5-2)11-6-8-12(3)17-14(20)15(9-7-10-15)13(16)18-21/h12,21H,4-11H2,1-3H3,(H2,16,18)(H,17,20). The molecule has 0 heterocycles. The summed E-state index contributed by atoms with van der Waals surface area (Å²) in [5, 5.41) is 14.9. The monoisotopic (exact) mass is 298 g/mol. The Morgan fingerprint density at radius 2 is 2.05 bits per heavy atom. The van der Waals surface area contributed by atoms with Crippen molar-refractivity contribution < 1.29 is 10.0 Å². The van der Waals surface area contributed by atoms with Gasteiger partial charge in [-0.3, -0.25) is 4.79 Å². The fraction of sp³-hybridized carbons (Fsp3) is 0.867. The first-order valence-corrected chi connectivity index (χ1v) is 8.01. The van der Waals surface area contributed by atoms with E-state index in [2.05, 4.69) is 29.2 Å². The van der Waals surface area contributed by atoms with Crippen LogP contribution in [0.4, 0.5) is 0 Å². The summed E-state index contributed by atoms with van der Waals surface area (Å²) in [6, 6.07) is 0.108. The van der Waals surface area contributed by atoms with Crippen LogP contribution in [0.15, 0.2) is 5.16 Å². The van der Waals surface area contributed by atoms with E-state index in [4.69, 9.17) is 10.9 Å². The number of amides is 1. The second-order valence-electron chi connectivity index (χ2n) is 5.96. The van der Waals surface area contributed by atoms with E-state index in [9.17, 15) is 4.79 Å². The van der Waals surface area contributed by atoms with Crippen molar-refractivity contribution in [3.05, 3.63) is 0 Å². The highest BCUT2D eigenvalue weighted by molar-refractivity contribution is 6.07. The Labute approximate surface area is 127 Å². The number of nitrogens with zero attached hydrogens (tertiary/aromatic N) is 2. The summed E-state index contributed by atoms with van der Waals surface area (Å²) in [5.41, 5.74) is 4.92. The highest BCUT2D eigenvalue weighted by Gasteiger charge is 2.48. The van der Waals surface area contributed by atoms with Gasteiger partial charge in [0.15, 0.2) is 5.84 Å². The van der Waals surface area contributed by atoms with Gasteiger partial charge in [0.05, 0.1) is 0 Å². The smallest absolute Gasteiger partial charge is 0.234 e. The lowest BCUT2D eigenvalue weighted by Crippen LogP contribution is -2.55. The Kier molecular flexibility index (Phi) is 6.95. The topological polar surface area (TPSA) is 91.0 Å². The highest BCUT2D eigenvalue weighted by Crippen LogP contribution is 2.41. The molecule has 0 aromatic heterocycles. The zero-order chi connectivity index (χ0) is 15.9. The maximum atomic E-state index is 12.4. The molecule has 0 bridgehead atoms. The lowest BCUT2D eigenvalue weighted by atomic mass is 9.67. The zero-order valence-corrected chi connectivity index (χ0v) is 13.6. The van der Waals surface area contributed by atoms with Crippen LogP contribution in [0.1, 0.15) is 52.9 Å². The Morgan fingerprint density at radius 1 is 1.43 bits per heavy atom. The molecule has 21 heavy (non-hydrogen) atoms. The molecule has 1 aliphatic rings. The molecule has 0 radical (unpaired) electrons. The Bertz CT molecular complexity index is 363. The molecule has 6 heteroatoms. The number of amidine groups is 1. The minimum atomic E-state index is -0.776. The molecular weight excluding hydrogens is 268 g/mol. The van der Waals surface area contributed by atoms with Crippen molar-refractivity contribution >= 4 is 11.7 Å². The number of hydrogen-bond donors (Lipinski definition) is 3. The van der Waals surface area contributed by atoms with Crippen LogP contribution in [0, 0.1) is 5.41 Å². The quantitative estimate of drug-likeness (QED) is 0.260. The summed E-state index contributed by atoms with van der Waals surface area (Å²) in [6.45, 7) is 9.50. The lowest BCUT2D eigenvalue weighted by molar-refractivity contribution is -0.131. The van der Waals surface area contributed by atoms with Crippen LogP contribution in [0.5, 0.6) is 0 Å². The molecule has 0 aromatic rings. The van der Waals surface area contributed by atoms with Gasteiger partial charge in [-0.25, -0.2) is 0 Å². The highest BCUT2D eigenvalue weighted by atomic mass is 16.4. The van der Waals surface area contributed by atoms with Crippen LogP contribution < -0.4 is 11.1 Å². The molecule has 1 amide bonds. The molecule has 6 nitrogen and oxygen atoms in total. The molecule has 1 aliphatic carbocycles. The van der Waals surface area contributed by atoms with E-state index in [0.717, 1.165) is 38.9 Å². The third-order valence-corrected chi connectivity index (χ3v) is 4.62. The van der Waals surface area contributed by atoms with Crippen molar-refractivity contribution in [1.29, 1.82) is 0 Å². The summed E-state index contributed by atoms with van der Waals surface area (Å²) >= 11 is 0. The fourth-order valence-electron chi connectivity index (χ4n) is 2.82. The van der Waals surface area contributed by atoms with Gasteiger partial charge in [-0.2, -0.15) is 0 Å². The molecule has 1 unspecified atom stereocenters. The molecule has 0 saturated heterocycles. The normalized spacial score (nSPS) is 19.1. The molecule has 0 spiro atoms. The van der Waals surface area contributed by atoms with E-state index in [1.807, 2.05) is 6.92 Å². The van der Waals surface area contributed by atoms with E-state index < -0.39 is 5.41 Å². The second kappa shape index (κ2) is 8.22. The van der Waals surface area contributed by atoms with Gasteiger partial charge in [0.25, 0.3) is 0 Å². The first-order chi connectivity index (χ1) is 10.00. The molecule has 1 fully saturated rings. The second-order valence-corrected chi connectivity index (χ2v) is 5.96. The maximum absolute atomic E-state index is 12.4. The third kappa shape index (κ3) is 4.33. The molecule has 0 aromatic carbocycles. The summed E-state index contributed by atoms with van der Waals surface area (Å²) in [4.78, 5) is 14.7. The molecular formula is C15H30N4O2. The van der Waals surface area contributed by atoms with Gasteiger partial charge in [-0.1, -0.05) is 25.4 Å². The number of carbonyl (C=O) groups is 1. The number of nitrogens with two attached hydrogens (primary N) is 1. The maximum Gasteiger partial charge on any atom is 0.234 e. The van der Waals surface area contributed by atoms with Gasteiger partial charge >= 0.3 is 0 Å². The van der Waals surface area contributed by atoms with Gasteiger partial charge in [0, 0.05) is 6.04 Å². The minimum absolute atomic E-state index is 0.0431. The molecule has 0 aliphatic heterocycles. The van der Waals surface area contributed by atoms with Gasteiger partial charge < -0.3 is 21.2 Å². The van der Waals surface area contributed by atoms with Crippen LogP contribution in [0.25, 0.3) is 0 Å². The van der Waals surface area contributed by atoms with Crippen LogP contribution in [0.2, 0.25) is 0 Å². The summed E-state index contributed by atoms with van der Waals surface area (Å²) < 4.78 is 0. The van der Waals surface area contributed by atoms with Gasteiger partial charge in [-0.15, -0.1) is 0 Å². The summed E-state index contributed by atoms with van der Waals surface area (Å²) in [7, 11) is 0. The van der Waals surface area contributed by atoms with Crippen LogP contribution >= 0.6 is 0 Å². The van der Waals surface area contributed by atoms with Crippen molar-refractivity contribution in [2.45, 2.75) is 58.9 Å². The van der Waals surface area contributed by atoms with Gasteiger partial charge in [0.1, 0.15) is 5.41 Å². The first kappa shape index (κ1) is 17.8. The van der Waals surface area contributed by atoms with E-state index in [0.29, 0.717) is 12.8 Å². The molecule has 122 valence electrons. The Morgan fingerprint density at radius 3 is 2.48 bits per heavy atom. The SMILES string of the molecule is CCN(CC)CCCC(C)NC(=O)C1(C(N)=NO)CCC1. The van der Waals surface area contributed by atoms with E-state index >= 15 is 0 Å². The van der Waals surface area contributed by atoms with Crippen molar-refractivity contribution in [2.24, 2.45) is 16.3 Å². The van der Waals surface area contributed by atoms with Crippen molar-refractivity contribution in [1.82, 2.24) is 10.2 Å². The zero-order valence-electron chi connectivity index (χ0n) is 13.6. The summed E-state index contributed by atoms with van der Waals surface area (Å²) in [5.74, 6) is -0.0546. The predicted octanol–water partition coefficient (Wildman–Crippen LogP) is 1.53. The largest absolute Gasteiger partial charge is 0.409 e. The number of rotatable bonds is 9. The fourth-order valence-corrected chi connectivity index (χ4v) is 2.82. The summed E-state index contributed by atoms with van der Waals surface area (Å²) in [6.07, 6.45) is 4.27. The number of hydrogen-bond acceptors (Lipinski definition) is 4. The van der Waals surface area contributed by atoms with Crippen LogP contribution in [0.3, 0.4) is 0 Å². The van der Waals surface area contributed by atoms with E-state index in [1.54, 1.807) is 0 Å².